The summed E-state index contributed by atoms with van der Waals surface area (Å²) >= 11 is 11.9. The molecule has 106 valence electrons. The summed E-state index contributed by atoms with van der Waals surface area (Å²) in [7, 11) is 1.68. The predicted octanol–water partition coefficient (Wildman–Crippen LogP) is 3.32. The summed E-state index contributed by atoms with van der Waals surface area (Å²) in [5.41, 5.74) is 6.27. The van der Waals surface area contributed by atoms with Crippen molar-refractivity contribution < 1.29 is 9.21 Å². The van der Waals surface area contributed by atoms with Crippen LogP contribution < -0.4 is 5.73 Å². The van der Waals surface area contributed by atoms with Crippen LogP contribution in [0.15, 0.2) is 34.7 Å². The van der Waals surface area contributed by atoms with E-state index >= 15 is 0 Å². The highest BCUT2D eigenvalue weighted by Crippen LogP contribution is 2.22. The van der Waals surface area contributed by atoms with E-state index in [0.717, 1.165) is 5.56 Å². The lowest BCUT2D eigenvalue weighted by Crippen LogP contribution is -2.25. The number of amides is 1. The monoisotopic (exact) mass is 312 g/mol. The average molecular weight is 313 g/mol. The lowest BCUT2D eigenvalue weighted by molar-refractivity contribution is 0.0751. The molecular formula is C14H14Cl2N2O2. The third kappa shape index (κ3) is 3.33. The molecule has 0 spiro atoms. The lowest BCUT2D eigenvalue weighted by Gasteiger charge is -2.16. The molecule has 6 heteroatoms. The van der Waals surface area contributed by atoms with E-state index in [2.05, 4.69) is 0 Å². The molecule has 0 fully saturated rings. The van der Waals surface area contributed by atoms with E-state index in [-0.39, 0.29) is 18.2 Å². The van der Waals surface area contributed by atoms with Crippen LogP contribution in [0.5, 0.6) is 0 Å². The first kappa shape index (κ1) is 14.9. The van der Waals surface area contributed by atoms with Gasteiger partial charge < -0.3 is 15.1 Å². The quantitative estimate of drug-likeness (QED) is 0.942. The Morgan fingerprint density at radius 3 is 2.65 bits per heavy atom. The second-order valence-corrected chi connectivity index (χ2v) is 5.21. The Kier molecular flexibility index (Phi) is 4.70. The SMILES string of the molecule is CN(Cc1ccc(Cl)cc1Cl)C(=O)c1ccc(CN)o1. The molecule has 1 heterocycles. The van der Waals surface area contributed by atoms with Gasteiger partial charge in [-0.2, -0.15) is 0 Å². The van der Waals surface area contributed by atoms with Crippen molar-refractivity contribution in [3.8, 4) is 0 Å². The van der Waals surface area contributed by atoms with Gasteiger partial charge in [0.2, 0.25) is 0 Å². The summed E-state index contributed by atoms with van der Waals surface area (Å²) in [5.74, 6) is 0.611. The van der Waals surface area contributed by atoms with E-state index in [1.165, 1.54) is 4.90 Å². The molecule has 20 heavy (non-hydrogen) atoms. The molecule has 2 aromatic rings. The van der Waals surface area contributed by atoms with Gasteiger partial charge >= 0.3 is 0 Å². The molecule has 0 unspecified atom stereocenters. The summed E-state index contributed by atoms with van der Waals surface area (Å²) in [4.78, 5) is 13.7. The second kappa shape index (κ2) is 6.31. The van der Waals surface area contributed by atoms with Gasteiger partial charge in [0.1, 0.15) is 5.76 Å². The number of benzene rings is 1. The van der Waals surface area contributed by atoms with Crippen LogP contribution in [-0.2, 0) is 13.1 Å². The number of nitrogens with zero attached hydrogens (tertiary/aromatic N) is 1. The fraction of sp³-hybridized carbons (Fsp3) is 0.214. The fourth-order valence-corrected chi connectivity index (χ4v) is 2.24. The highest BCUT2D eigenvalue weighted by atomic mass is 35.5. The number of halogens is 2. The van der Waals surface area contributed by atoms with Gasteiger partial charge in [-0.1, -0.05) is 29.3 Å². The van der Waals surface area contributed by atoms with Crippen molar-refractivity contribution in [2.24, 2.45) is 5.73 Å². The van der Waals surface area contributed by atoms with Crippen LogP contribution in [0.3, 0.4) is 0 Å². The standard InChI is InChI=1S/C14H14Cl2N2O2/c1-18(8-9-2-3-10(15)6-12(9)16)14(19)13-5-4-11(7-17)20-13/h2-6H,7-8,17H2,1H3. The number of carbonyl (C=O) groups is 1. The summed E-state index contributed by atoms with van der Waals surface area (Å²) in [5, 5.41) is 1.09. The first-order valence-electron chi connectivity index (χ1n) is 5.99. The summed E-state index contributed by atoms with van der Waals surface area (Å²) in [6.45, 7) is 0.632. The van der Waals surface area contributed by atoms with Crippen molar-refractivity contribution in [3.63, 3.8) is 0 Å². The van der Waals surface area contributed by atoms with E-state index in [4.69, 9.17) is 33.4 Å². The number of furan rings is 1. The van der Waals surface area contributed by atoms with E-state index in [1.54, 1.807) is 37.4 Å². The molecule has 0 radical (unpaired) electrons. The number of hydrogen-bond donors (Lipinski definition) is 1. The molecule has 4 nitrogen and oxygen atoms in total. The van der Waals surface area contributed by atoms with Crippen LogP contribution in [0.1, 0.15) is 21.9 Å². The van der Waals surface area contributed by atoms with Crippen molar-refractivity contribution in [2.45, 2.75) is 13.1 Å². The Morgan fingerprint density at radius 2 is 2.05 bits per heavy atom. The molecule has 0 aliphatic carbocycles. The topological polar surface area (TPSA) is 59.5 Å². The fourth-order valence-electron chi connectivity index (χ4n) is 1.77. The molecule has 0 atom stereocenters. The van der Waals surface area contributed by atoms with E-state index in [0.29, 0.717) is 22.4 Å². The Morgan fingerprint density at radius 1 is 1.30 bits per heavy atom. The minimum Gasteiger partial charge on any atom is -0.455 e. The average Bonchev–Trinajstić information content (AvgIpc) is 2.89. The lowest BCUT2D eigenvalue weighted by atomic mass is 10.2. The first-order valence-corrected chi connectivity index (χ1v) is 6.75. The molecule has 1 aromatic carbocycles. The van der Waals surface area contributed by atoms with Crippen molar-refractivity contribution in [2.75, 3.05) is 7.05 Å². The van der Waals surface area contributed by atoms with Crippen molar-refractivity contribution in [1.29, 1.82) is 0 Å². The van der Waals surface area contributed by atoms with Crippen LogP contribution in [0.4, 0.5) is 0 Å². The van der Waals surface area contributed by atoms with Crippen molar-refractivity contribution >= 4 is 29.1 Å². The van der Waals surface area contributed by atoms with Gasteiger partial charge in [-0.3, -0.25) is 4.79 Å². The van der Waals surface area contributed by atoms with Gasteiger partial charge in [0, 0.05) is 23.6 Å². The molecule has 0 aliphatic rings. The molecule has 0 aliphatic heterocycles. The van der Waals surface area contributed by atoms with Gasteiger partial charge in [-0.25, -0.2) is 0 Å². The summed E-state index contributed by atoms with van der Waals surface area (Å²) < 4.78 is 5.33. The maximum atomic E-state index is 12.2. The maximum Gasteiger partial charge on any atom is 0.289 e. The minimum absolute atomic E-state index is 0.226. The molecule has 1 amide bonds. The van der Waals surface area contributed by atoms with Crippen LogP contribution in [0.25, 0.3) is 0 Å². The van der Waals surface area contributed by atoms with Gasteiger partial charge in [0.15, 0.2) is 5.76 Å². The van der Waals surface area contributed by atoms with Crippen molar-refractivity contribution in [1.82, 2.24) is 4.90 Å². The highest BCUT2D eigenvalue weighted by molar-refractivity contribution is 6.35. The minimum atomic E-state index is -0.226. The zero-order valence-electron chi connectivity index (χ0n) is 10.9. The zero-order chi connectivity index (χ0) is 14.7. The molecular weight excluding hydrogens is 299 g/mol. The smallest absolute Gasteiger partial charge is 0.289 e. The molecule has 0 saturated carbocycles. The number of hydrogen-bond acceptors (Lipinski definition) is 3. The third-order valence-electron chi connectivity index (χ3n) is 2.84. The molecule has 2 rings (SSSR count). The molecule has 0 saturated heterocycles. The molecule has 0 bridgehead atoms. The summed E-state index contributed by atoms with van der Waals surface area (Å²) in [6, 6.07) is 8.49. The van der Waals surface area contributed by atoms with Crippen LogP contribution in [0.2, 0.25) is 10.0 Å². The van der Waals surface area contributed by atoms with Gasteiger partial charge in [0.25, 0.3) is 5.91 Å². The molecule has 2 N–H and O–H groups in total. The summed E-state index contributed by atoms with van der Waals surface area (Å²) in [6.07, 6.45) is 0. The maximum absolute atomic E-state index is 12.2. The Bertz CT molecular complexity index is 625. The number of rotatable bonds is 4. The number of nitrogens with two attached hydrogens (primary N) is 1. The third-order valence-corrected chi connectivity index (χ3v) is 3.43. The van der Waals surface area contributed by atoms with Gasteiger partial charge in [-0.15, -0.1) is 0 Å². The normalized spacial score (nSPS) is 10.6. The van der Waals surface area contributed by atoms with E-state index in [1.807, 2.05) is 0 Å². The van der Waals surface area contributed by atoms with Crippen LogP contribution in [0, 0.1) is 0 Å². The molecule has 1 aromatic heterocycles. The highest BCUT2D eigenvalue weighted by Gasteiger charge is 2.17. The Hall–Kier alpha value is -1.49. The predicted molar refractivity (Wildman–Crippen MR) is 78.9 cm³/mol. The van der Waals surface area contributed by atoms with E-state index in [9.17, 15) is 4.79 Å². The van der Waals surface area contributed by atoms with Gasteiger partial charge in [0.05, 0.1) is 6.54 Å². The Labute approximate surface area is 127 Å². The van der Waals surface area contributed by atoms with E-state index < -0.39 is 0 Å². The van der Waals surface area contributed by atoms with Crippen LogP contribution in [-0.4, -0.2) is 17.9 Å². The second-order valence-electron chi connectivity index (χ2n) is 4.37. The van der Waals surface area contributed by atoms with Crippen molar-refractivity contribution in [3.05, 3.63) is 57.5 Å². The van der Waals surface area contributed by atoms with Crippen LogP contribution >= 0.6 is 23.2 Å². The van der Waals surface area contributed by atoms with Gasteiger partial charge in [-0.05, 0) is 29.8 Å². The number of carbonyl (C=O) groups excluding carboxylic acids is 1. The largest absolute Gasteiger partial charge is 0.455 e. The first-order chi connectivity index (χ1) is 9.51. The Balaban J connectivity index is 2.11. The zero-order valence-corrected chi connectivity index (χ0v) is 12.4.